The molecule has 0 aromatic heterocycles. The fourth-order valence-electron chi connectivity index (χ4n) is 3.65. The predicted molar refractivity (Wildman–Crippen MR) is 111 cm³/mol. The molecule has 0 heterocycles. The summed E-state index contributed by atoms with van der Waals surface area (Å²) in [7, 11) is 3.98. The van der Waals surface area contributed by atoms with Crippen molar-refractivity contribution in [3.8, 4) is 0 Å². The van der Waals surface area contributed by atoms with E-state index in [1.165, 1.54) is 0 Å². The number of carbonyl (C=O) groups excluding carboxylic acids is 2. The van der Waals surface area contributed by atoms with Crippen LogP contribution < -0.4 is 15.5 Å². The van der Waals surface area contributed by atoms with Crippen molar-refractivity contribution in [2.24, 2.45) is 5.92 Å². The average Bonchev–Trinajstić information content (AvgIpc) is 3.16. The van der Waals surface area contributed by atoms with Crippen molar-refractivity contribution in [2.45, 2.75) is 52.5 Å². The van der Waals surface area contributed by atoms with Gasteiger partial charge in [-0.2, -0.15) is 0 Å². The van der Waals surface area contributed by atoms with E-state index >= 15 is 0 Å². The Morgan fingerprint density at radius 2 is 1.85 bits per heavy atom. The van der Waals surface area contributed by atoms with Gasteiger partial charge in [-0.25, -0.2) is 4.79 Å². The molecule has 0 aliphatic heterocycles. The van der Waals surface area contributed by atoms with E-state index < -0.39 is 0 Å². The zero-order chi connectivity index (χ0) is 19.8. The largest absolute Gasteiger partial charge is 0.377 e. The van der Waals surface area contributed by atoms with Crippen LogP contribution in [0.2, 0.25) is 0 Å². The number of benzene rings is 1. The lowest BCUT2D eigenvalue weighted by atomic mass is 10.1. The summed E-state index contributed by atoms with van der Waals surface area (Å²) in [5.74, 6) is 0.249. The van der Waals surface area contributed by atoms with Gasteiger partial charge in [-0.05, 0) is 49.9 Å². The summed E-state index contributed by atoms with van der Waals surface area (Å²) in [4.78, 5) is 28.7. The lowest BCUT2D eigenvalue weighted by Crippen LogP contribution is -2.40. The Kier molecular flexibility index (Phi) is 7.95. The van der Waals surface area contributed by atoms with Crippen LogP contribution in [-0.2, 0) is 11.3 Å². The zero-order valence-corrected chi connectivity index (χ0v) is 17.2. The molecule has 0 bridgehead atoms. The molecule has 2 N–H and O–H groups in total. The summed E-state index contributed by atoms with van der Waals surface area (Å²) < 4.78 is 0. The predicted octanol–water partition coefficient (Wildman–Crippen LogP) is 3.82. The SMILES string of the molecule is CCCN(Cc1cc(NC(=O)C2CCCC2)ccc1N(C)C)C(=O)NCC. The van der Waals surface area contributed by atoms with E-state index in [0.29, 0.717) is 19.6 Å². The Labute approximate surface area is 163 Å². The molecule has 0 spiro atoms. The molecule has 1 saturated carbocycles. The molecule has 6 heteroatoms. The van der Waals surface area contributed by atoms with E-state index in [-0.39, 0.29) is 17.9 Å². The normalized spacial score (nSPS) is 14.1. The molecule has 0 radical (unpaired) electrons. The summed E-state index contributed by atoms with van der Waals surface area (Å²) in [5.41, 5.74) is 2.89. The molecular formula is C21H34N4O2. The number of amides is 3. The second-order valence-electron chi connectivity index (χ2n) is 7.47. The van der Waals surface area contributed by atoms with E-state index in [0.717, 1.165) is 49.0 Å². The Hall–Kier alpha value is -2.24. The molecule has 1 aromatic carbocycles. The summed E-state index contributed by atoms with van der Waals surface area (Å²) in [6.07, 6.45) is 5.14. The molecule has 2 rings (SSSR count). The van der Waals surface area contributed by atoms with Crippen LogP contribution in [-0.4, -0.2) is 44.0 Å². The van der Waals surface area contributed by atoms with E-state index in [4.69, 9.17) is 0 Å². The first kappa shape index (κ1) is 21.1. The van der Waals surface area contributed by atoms with E-state index in [1.807, 2.05) is 49.0 Å². The van der Waals surface area contributed by atoms with Gasteiger partial charge in [-0.1, -0.05) is 19.8 Å². The third-order valence-electron chi connectivity index (χ3n) is 5.02. The minimum atomic E-state index is -0.0514. The van der Waals surface area contributed by atoms with Gasteiger partial charge in [0.2, 0.25) is 5.91 Å². The topological polar surface area (TPSA) is 64.7 Å². The van der Waals surface area contributed by atoms with Gasteiger partial charge >= 0.3 is 6.03 Å². The highest BCUT2D eigenvalue weighted by Gasteiger charge is 2.23. The molecule has 1 fully saturated rings. The maximum absolute atomic E-state index is 12.5. The monoisotopic (exact) mass is 374 g/mol. The minimum Gasteiger partial charge on any atom is -0.377 e. The Morgan fingerprint density at radius 3 is 2.44 bits per heavy atom. The third-order valence-corrected chi connectivity index (χ3v) is 5.02. The number of hydrogen-bond acceptors (Lipinski definition) is 3. The number of nitrogens with one attached hydrogen (secondary N) is 2. The Balaban J connectivity index is 2.20. The van der Waals surface area contributed by atoms with Crippen molar-refractivity contribution in [1.29, 1.82) is 0 Å². The molecule has 1 aliphatic rings. The molecule has 1 aliphatic carbocycles. The first-order valence-corrected chi connectivity index (χ1v) is 10.1. The zero-order valence-electron chi connectivity index (χ0n) is 17.2. The fraction of sp³-hybridized carbons (Fsp3) is 0.619. The molecule has 27 heavy (non-hydrogen) atoms. The number of urea groups is 1. The maximum Gasteiger partial charge on any atom is 0.317 e. The van der Waals surface area contributed by atoms with Gasteiger partial charge in [-0.15, -0.1) is 0 Å². The quantitative estimate of drug-likeness (QED) is 0.727. The molecule has 6 nitrogen and oxygen atoms in total. The van der Waals surface area contributed by atoms with Crippen molar-refractivity contribution >= 4 is 23.3 Å². The van der Waals surface area contributed by atoms with E-state index in [2.05, 4.69) is 17.6 Å². The number of nitrogens with zero attached hydrogens (tertiary/aromatic N) is 2. The summed E-state index contributed by atoms with van der Waals surface area (Å²) in [6, 6.07) is 5.91. The highest BCUT2D eigenvalue weighted by Crippen LogP contribution is 2.28. The van der Waals surface area contributed by atoms with Crippen LogP contribution in [0.15, 0.2) is 18.2 Å². The van der Waals surface area contributed by atoms with Gasteiger partial charge in [-0.3, -0.25) is 4.79 Å². The van der Waals surface area contributed by atoms with Gasteiger partial charge in [0.15, 0.2) is 0 Å². The lowest BCUT2D eigenvalue weighted by Gasteiger charge is -2.26. The van der Waals surface area contributed by atoms with Crippen LogP contribution in [0, 0.1) is 5.92 Å². The first-order chi connectivity index (χ1) is 13.0. The van der Waals surface area contributed by atoms with Crippen molar-refractivity contribution in [3.05, 3.63) is 23.8 Å². The molecule has 0 unspecified atom stereocenters. The van der Waals surface area contributed by atoms with Gasteiger partial charge in [0, 0.05) is 51.0 Å². The molecule has 0 atom stereocenters. The van der Waals surface area contributed by atoms with Crippen LogP contribution in [0.4, 0.5) is 16.2 Å². The Bertz CT molecular complexity index is 639. The number of anilines is 2. The minimum absolute atomic E-state index is 0.0514. The molecule has 0 saturated heterocycles. The van der Waals surface area contributed by atoms with Crippen LogP contribution >= 0.6 is 0 Å². The number of rotatable bonds is 8. The van der Waals surface area contributed by atoms with Crippen LogP contribution in [0.25, 0.3) is 0 Å². The lowest BCUT2D eigenvalue weighted by molar-refractivity contribution is -0.119. The summed E-state index contributed by atoms with van der Waals surface area (Å²) in [5, 5.41) is 5.96. The second kappa shape index (κ2) is 10.2. The fourth-order valence-corrected chi connectivity index (χ4v) is 3.65. The van der Waals surface area contributed by atoms with Gasteiger partial charge < -0.3 is 20.4 Å². The van der Waals surface area contributed by atoms with E-state index in [1.54, 1.807) is 0 Å². The summed E-state index contributed by atoms with van der Waals surface area (Å²) >= 11 is 0. The molecule has 1 aromatic rings. The van der Waals surface area contributed by atoms with E-state index in [9.17, 15) is 9.59 Å². The maximum atomic E-state index is 12.5. The van der Waals surface area contributed by atoms with Gasteiger partial charge in [0.05, 0.1) is 0 Å². The second-order valence-corrected chi connectivity index (χ2v) is 7.47. The van der Waals surface area contributed by atoms with Crippen molar-refractivity contribution in [2.75, 3.05) is 37.4 Å². The highest BCUT2D eigenvalue weighted by molar-refractivity contribution is 5.93. The van der Waals surface area contributed by atoms with Gasteiger partial charge in [0.1, 0.15) is 0 Å². The molecule has 3 amide bonds. The number of hydrogen-bond donors (Lipinski definition) is 2. The van der Waals surface area contributed by atoms with Crippen molar-refractivity contribution in [1.82, 2.24) is 10.2 Å². The van der Waals surface area contributed by atoms with Crippen LogP contribution in [0.1, 0.15) is 51.5 Å². The van der Waals surface area contributed by atoms with Crippen molar-refractivity contribution in [3.63, 3.8) is 0 Å². The number of carbonyl (C=O) groups is 2. The third kappa shape index (κ3) is 5.88. The average molecular weight is 375 g/mol. The molecular weight excluding hydrogens is 340 g/mol. The van der Waals surface area contributed by atoms with Crippen LogP contribution in [0.3, 0.4) is 0 Å². The molecule has 150 valence electrons. The Morgan fingerprint density at radius 1 is 1.15 bits per heavy atom. The van der Waals surface area contributed by atoms with Crippen molar-refractivity contribution < 1.29 is 9.59 Å². The summed E-state index contributed by atoms with van der Waals surface area (Å²) in [6.45, 7) is 5.80. The van der Waals surface area contributed by atoms with Gasteiger partial charge in [0.25, 0.3) is 0 Å². The van der Waals surface area contributed by atoms with Crippen LogP contribution in [0.5, 0.6) is 0 Å². The standard InChI is InChI=1S/C21H34N4O2/c1-5-13-25(21(27)22-6-2)15-17-14-18(11-12-19(17)24(3)4)23-20(26)16-9-7-8-10-16/h11-12,14,16H,5-10,13,15H2,1-4H3,(H,22,27)(H,23,26). The highest BCUT2D eigenvalue weighted by atomic mass is 16.2. The smallest absolute Gasteiger partial charge is 0.317 e. The first-order valence-electron chi connectivity index (χ1n) is 10.1.